The second-order valence-corrected chi connectivity index (χ2v) is 8.36. The van der Waals surface area contributed by atoms with Gasteiger partial charge in [0.25, 0.3) is 5.91 Å². The van der Waals surface area contributed by atoms with Crippen LogP contribution in [0.5, 0.6) is 0 Å². The van der Waals surface area contributed by atoms with Crippen molar-refractivity contribution in [3.05, 3.63) is 65.5 Å². The normalized spacial score (nSPS) is 16.0. The number of fused-ring (bicyclic) bond motifs is 1. The van der Waals surface area contributed by atoms with Crippen molar-refractivity contribution in [1.82, 2.24) is 10.0 Å². The van der Waals surface area contributed by atoms with Crippen LogP contribution in [0.2, 0.25) is 0 Å². The summed E-state index contributed by atoms with van der Waals surface area (Å²) in [4.78, 5) is 23.3. The molecule has 2 aromatic rings. The molecule has 0 fully saturated rings. The van der Waals surface area contributed by atoms with E-state index in [-0.39, 0.29) is 6.04 Å². The molecule has 9 heteroatoms. The van der Waals surface area contributed by atoms with Crippen molar-refractivity contribution < 1.29 is 27.1 Å². The van der Waals surface area contributed by atoms with Gasteiger partial charge in [0.05, 0.1) is 6.04 Å². The van der Waals surface area contributed by atoms with Gasteiger partial charge < -0.3 is 10.1 Å². The molecule has 0 bridgehead atoms. The molecule has 1 aliphatic carbocycles. The molecule has 1 atom stereocenters. The predicted molar refractivity (Wildman–Crippen MR) is 103 cm³/mol. The van der Waals surface area contributed by atoms with Gasteiger partial charge in [-0.1, -0.05) is 36.4 Å². The standard InChI is InChI=1S/C20H21FN2O5S/c21-16-9-3-4-11-18(16)29(26,27)22-12-20(25)28-13-19(24)23-17-10-5-7-14-6-1-2-8-15(14)17/h1-4,6,8-9,11,17,22H,5,7,10,12-13H2,(H,23,24)/t17-/m1/s1. The van der Waals surface area contributed by atoms with Crippen LogP contribution in [-0.4, -0.2) is 33.4 Å². The number of hydrogen-bond donors (Lipinski definition) is 2. The predicted octanol–water partition coefficient (Wildman–Crippen LogP) is 1.84. The molecule has 29 heavy (non-hydrogen) atoms. The van der Waals surface area contributed by atoms with Crippen molar-refractivity contribution >= 4 is 21.9 Å². The van der Waals surface area contributed by atoms with Crippen molar-refractivity contribution in [2.75, 3.05) is 13.2 Å². The van der Waals surface area contributed by atoms with Crippen LogP contribution in [0.3, 0.4) is 0 Å². The molecule has 0 saturated carbocycles. The number of hydrogen-bond acceptors (Lipinski definition) is 5. The van der Waals surface area contributed by atoms with E-state index < -0.39 is 45.8 Å². The van der Waals surface area contributed by atoms with Crippen LogP contribution in [0.1, 0.15) is 30.0 Å². The summed E-state index contributed by atoms with van der Waals surface area (Å²) in [5, 5.41) is 2.83. The maximum Gasteiger partial charge on any atom is 0.321 e. The molecular formula is C20H21FN2O5S. The van der Waals surface area contributed by atoms with Crippen LogP contribution in [0.25, 0.3) is 0 Å². The summed E-state index contributed by atoms with van der Waals surface area (Å²) in [5.41, 5.74) is 2.24. The van der Waals surface area contributed by atoms with Crippen LogP contribution < -0.4 is 10.0 Å². The summed E-state index contributed by atoms with van der Waals surface area (Å²) in [6.07, 6.45) is 2.69. The number of amides is 1. The minimum Gasteiger partial charge on any atom is -0.455 e. The molecule has 7 nitrogen and oxygen atoms in total. The number of nitrogens with one attached hydrogen (secondary N) is 2. The second-order valence-electron chi connectivity index (χ2n) is 6.63. The Morgan fingerprint density at radius 2 is 1.83 bits per heavy atom. The maximum atomic E-state index is 13.6. The van der Waals surface area contributed by atoms with Crippen LogP contribution in [0.4, 0.5) is 4.39 Å². The average Bonchev–Trinajstić information content (AvgIpc) is 2.71. The van der Waals surface area contributed by atoms with Gasteiger partial charge in [0.2, 0.25) is 10.0 Å². The van der Waals surface area contributed by atoms with E-state index in [2.05, 4.69) is 5.32 Å². The third-order valence-corrected chi connectivity index (χ3v) is 6.04. The van der Waals surface area contributed by atoms with E-state index in [0.29, 0.717) is 0 Å². The van der Waals surface area contributed by atoms with Crippen LogP contribution in [0, 0.1) is 5.82 Å². The molecular weight excluding hydrogens is 399 g/mol. The quantitative estimate of drug-likeness (QED) is 0.666. The van der Waals surface area contributed by atoms with Gasteiger partial charge in [-0.05, 0) is 42.5 Å². The molecule has 0 unspecified atom stereocenters. The Bertz CT molecular complexity index is 1010. The summed E-state index contributed by atoms with van der Waals surface area (Å²) in [7, 11) is -4.21. The van der Waals surface area contributed by atoms with E-state index in [1.54, 1.807) is 0 Å². The highest BCUT2D eigenvalue weighted by Gasteiger charge is 2.23. The minimum absolute atomic E-state index is 0.147. The summed E-state index contributed by atoms with van der Waals surface area (Å²) in [6.45, 7) is -1.24. The molecule has 1 amide bonds. The van der Waals surface area contributed by atoms with Gasteiger partial charge in [-0.3, -0.25) is 9.59 Å². The molecule has 1 aliphatic rings. The van der Waals surface area contributed by atoms with Crippen molar-refractivity contribution in [2.24, 2.45) is 0 Å². The number of ether oxygens (including phenoxy) is 1. The van der Waals surface area contributed by atoms with E-state index in [9.17, 15) is 22.4 Å². The summed E-state index contributed by atoms with van der Waals surface area (Å²) < 4.78 is 44.5. The largest absolute Gasteiger partial charge is 0.455 e. The number of carbonyl (C=O) groups excluding carboxylic acids is 2. The van der Waals surface area contributed by atoms with Gasteiger partial charge in [-0.15, -0.1) is 0 Å². The fraction of sp³-hybridized carbons (Fsp3) is 0.300. The number of sulfonamides is 1. The lowest BCUT2D eigenvalue weighted by atomic mass is 9.88. The third kappa shape index (κ3) is 5.39. The molecule has 0 radical (unpaired) electrons. The van der Waals surface area contributed by atoms with Gasteiger partial charge in [-0.25, -0.2) is 12.8 Å². The van der Waals surface area contributed by atoms with E-state index in [1.807, 2.05) is 29.0 Å². The molecule has 154 valence electrons. The van der Waals surface area contributed by atoms with E-state index in [0.717, 1.165) is 37.0 Å². The number of aryl methyl sites for hydroxylation is 1. The molecule has 0 spiro atoms. The van der Waals surface area contributed by atoms with Gasteiger partial charge in [0, 0.05) is 0 Å². The zero-order valence-corrected chi connectivity index (χ0v) is 16.4. The Balaban J connectivity index is 1.48. The second kappa shape index (κ2) is 9.15. The van der Waals surface area contributed by atoms with E-state index in [1.165, 1.54) is 17.7 Å². The Labute approximate surface area is 168 Å². The molecule has 2 N–H and O–H groups in total. The zero-order chi connectivity index (χ0) is 20.9. The fourth-order valence-electron chi connectivity index (χ4n) is 3.23. The smallest absolute Gasteiger partial charge is 0.321 e. The summed E-state index contributed by atoms with van der Waals surface area (Å²) in [6, 6.07) is 12.5. The lowest BCUT2D eigenvalue weighted by Gasteiger charge is -2.26. The molecule has 0 aliphatic heterocycles. The van der Waals surface area contributed by atoms with Crippen molar-refractivity contribution in [2.45, 2.75) is 30.2 Å². The van der Waals surface area contributed by atoms with Crippen molar-refractivity contribution in [3.8, 4) is 0 Å². The number of carbonyl (C=O) groups is 2. The lowest BCUT2D eigenvalue weighted by molar-refractivity contribution is -0.147. The number of benzene rings is 2. The van der Waals surface area contributed by atoms with Gasteiger partial charge in [-0.2, -0.15) is 4.72 Å². The Hall–Kier alpha value is -2.78. The van der Waals surface area contributed by atoms with E-state index >= 15 is 0 Å². The first-order valence-corrected chi connectivity index (χ1v) is 10.6. The SMILES string of the molecule is O=C(COC(=O)CNS(=O)(=O)c1ccccc1F)N[C@@H]1CCCc2ccccc21. The lowest BCUT2D eigenvalue weighted by Crippen LogP contribution is -2.36. The van der Waals surface area contributed by atoms with Gasteiger partial charge in [0.15, 0.2) is 6.61 Å². The first-order chi connectivity index (χ1) is 13.9. The molecule has 0 aromatic heterocycles. The average molecular weight is 420 g/mol. The van der Waals surface area contributed by atoms with E-state index in [4.69, 9.17) is 4.74 Å². The van der Waals surface area contributed by atoms with Gasteiger partial charge in [0.1, 0.15) is 17.3 Å². The number of rotatable bonds is 7. The third-order valence-electron chi connectivity index (χ3n) is 4.60. The number of halogens is 1. The molecule has 3 rings (SSSR count). The Morgan fingerprint density at radius 1 is 1.10 bits per heavy atom. The van der Waals surface area contributed by atoms with Gasteiger partial charge >= 0.3 is 5.97 Å². The first-order valence-electron chi connectivity index (χ1n) is 9.14. The number of esters is 1. The zero-order valence-electron chi connectivity index (χ0n) is 15.6. The van der Waals surface area contributed by atoms with Crippen LogP contribution >= 0.6 is 0 Å². The maximum absolute atomic E-state index is 13.6. The summed E-state index contributed by atoms with van der Waals surface area (Å²) >= 11 is 0. The fourth-order valence-corrected chi connectivity index (χ4v) is 4.28. The van der Waals surface area contributed by atoms with Crippen LogP contribution in [-0.2, 0) is 30.8 Å². The Kier molecular flexibility index (Phi) is 6.60. The summed E-state index contributed by atoms with van der Waals surface area (Å²) in [5.74, 6) is -2.35. The highest BCUT2D eigenvalue weighted by Crippen LogP contribution is 2.29. The topological polar surface area (TPSA) is 102 Å². The first kappa shape index (κ1) is 20.9. The molecule has 0 heterocycles. The van der Waals surface area contributed by atoms with Crippen molar-refractivity contribution in [1.29, 1.82) is 0 Å². The highest BCUT2D eigenvalue weighted by molar-refractivity contribution is 7.89. The van der Waals surface area contributed by atoms with Crippen LogP contribution in [0.15, 0.2) is 53.4 Å². The van der Waals surface area contributed by atoms with Crippen molar-refractivity contribution in [3.63, 3.8) is 0 Å². The monoisotopic (exact) mass is 420 g/mol. The molecule has 2 aromatic carbocycles. The Morgan fingerprint density at radius 3 is 2.62 bits per heavy atom. The minimum atomic E-state index is -4.21. The molecule has 0 saturated heterocycles. The highest BCUT2D eigenvalue weighted by atomic mass is 32.2.